The van der Waals surface area contributed by atoms with Crippen LogP contribution in [-0.2, 0) is 10.0 Å². The Labute approximate surface area is 143 Å². The van der Waals surface area contributed by atoms with E-state index >= 15 is 0 Å². The average Bonchev–Trinajstić information content (AvgIpc) is 3.06. The number of benzene rings is 2. The predicted octanol–water partition coefficient (Wildman–Crippen LogP) is 3.40. The summed E-state index contributed by atoms with van der Waals surface area (Å²) in [7, 11) is -3.66. The molecule has 1 aromatic heterocycles. The lowest BCUT2D eigenvalue weighted by Crippen LogP contribution is -2.12. The highest BCUT2D eigenvalue weighted by atomic mass is 32.2. The maximum atomic E-state index is 12.2. The summed E-state index contributed by atoms with van der Waals surface area (Å²) in [5, 5.41) is 11.4. The third-order valence-electron chi connectivity index (χ3n) is 3.03. The van der Waals surface area contributed by atoms with Gasteiger partial charge >= 0.3 is 0 Å². The molecule has 0 unspecified atom stereocenters. The lowest BCUT2D eigenvalue weighted by Gasteiger charge is -2.05. The quantitative estimate of drug-likeness (QED) is 0.683. The van der Waals surface area contributed by atoms with E-state index in [-0.39, 0.29) is 10.6 Å². The van der Waals surface area contributed by atoms with Crippen LogP contribution in [0.25, 0.3) is 0 Å². The molecular weight excluding hydrogens is 346 g/mol. The zero-order chi connectivity index (χ0) is 17.0. The fraction of sp³-hybridized carbons (Fsp3) is 0. The second-order valence-electron chi connectivity index (χ2n) is 4.79. The zero-order valence-corrected chi connectivity index (χ0v) is 14.0. The van der Waals surface area contributed by atoms with Gasteiger partial charge in [-0.25, -0.2) is 13.4 Å². The van der Waals surface area contributed by atoms with Gasteiger partial charge < -0.3 is 5.11 Å². The van der Waals surface area contributed by atoms with Gasteiger partial charge in [-0.15, -0.1) is 11.3 Å². The van der Waals surface area contributed by atoms with Gasteiger partial charge in [-0.2, -0.15) is 0 Å². The molecule has 0 saturated carbocycles. The van der Waals surface area contributed by atoms with Crippen molar-refractivity contribution in [2.24, 2.45) is 4.99 Å². The number of aliphatic imine (C=N–C) groups is 1. The zero-order valence-electron chi connectivity index (χ0n) is 12.3. The minimum absolute atomic E-state index is 0.133. The van der Waals surface area contributed by atoms with Crippen LogP contribution in [0.2, 0.25) is 0 Å². The number of aromatic nitrogens is 1. The third-order valence-corrected chi connectivity index (χ3v) is 5.21. The number of phenolic OH excluding ortho intramolecular Hbond substituents is 1. The molecule has 0 spiro atoms. The van der Waals surface area contributed by atoms with Crippen LogP contribution >= 0.6 is 11.3 Å². The van der Waals surface area contributed by atoms with Crippen LogP contribution in [0.5, 0.6) is 5.75 Å². The number of rotatable bonds is 5. The van der Waals surface area contributed by atoms with Gasteiger partial charge in [0, 0.05) is 17.8 Å². The van der Waals surface area contributed by atoms with Crippen molar-refractivity contribution < 1.29 is 13.5 Å². The molecule has 0 aliphatic carbocycles. The van der Waals surface area contributed by atoms with Gasteiger partial charge in [-0.1, -0.05) is 12.1 Å². The molecule has 6 nitrogen and oxygen atoms in total. The van der Waals surface area contributed by atoms with Gasteiger partial charge in [0.15, 0.2) is 5.13 Å². The Morgan fingerprint density at radius 1 is 1.17 bits per heavy atom. The summed E-state index contributed by atoms with van der Waals surface area (Å²) in [6.45, 7) is 0. The smallest absolute Gasteiger partial charge is 0.263 e. The number of nitrogens with one attached hydrogen (secondary N) is 1. The molecular formula is C16H13N3O3S2. The lowest BCUT2D eigenvalue weighted by atomic mass is 10.2. The van der Waals surface area contributed by atoms with E-state index in [9.17, 15) is 13.5 Å². The topological polar surface area (TPSA) is 91.7 Å². The Morgan fingerprint density at radius 3 is 2.62 bits per heavy atom. The first kappa shape index (κ1) is 16.2. The number of hydrogen-bond donors (Lipinski definition) is 2. The van der Waals surface area contributed by atoms with E-state index in [4.69, 9.17) is 0 Å². The highest BCUT2D eigenvalue weighted by Gasteiger charge is 2.14. The fourth-order valence-corrected chi connectivity index (χ4v) is 3.70. The van der Waals surface area contributed by atoms with Crippen LogP contribution in [-0.4, -0.2) is 24.7 Å². The van der Waals surface area contributed by atoms with E-state index in [1.165, 1.54) is 29.7 Å². The molecule has 0 aliphatic rings. The van der Waals surface area contributed by atoms with Crippen LogP contribution in [0.4, 0.5) is 10.8 Å². The van der Waals surface area contributed by atoms with E-state index in [1.54, 1.807) is 48.0 Å². The summed E-state index contributed by atoms with van der Waals surface area (Å²) in [6, 6.07) is 12.9. The lowest BCUT2D eigenvalue weighted by molar-refractivity contribution is 0.475. The summed E-state index contributed by atoms with van der Waals surface area (Å²) < 4.78 is 26.8. The molecule has 8 heteroatoms. The van der Waals surface area contributed by atoms with Gasteiger partial charge in [0.2, 0.25) is 0 Å². The first-order valence-electron chi connectivity index (χ1n) is 6.88. The molecule has 2 aromatic carbocycles. The molecule has 1 heterocycles. The van der Waals surface area contributed by atoms with E-state index < -0.39 is 10.0 Å². The van der Waals surface area contributed by atoms with Crippen molar-refractivity contribution in [2.45, 2.75) is 4.90 Å². The predicted molar refractivity (Wildman–Crippen MR) is 94.7 cm³/mol. The summed E-state index contributed by atoms with van der Waals surface area (Å²) >= 11 is 1.21. The molecule has 0 bridgehead atoms. The summed E-state index contributed by atoms with van der Waals surface area (Å²) in [5.41, 5.74) is 1.35. The van der Waals surface area contributed by atoms with Crippen molar-refractivity contribution in [3.05, 3.63) is 65.7 Å². The third kappa shape index (κ3) is 3.98. The van der Waals surface area contributed by atoms with E-state index in [0.717, 1.165) is 5.56 Å². The Kier molecular flexibility index (Phi) is 4.59. The number of aromatic hydroxyl groups is 1. The van der Waals surface area contributed by atoms with Crippen molar-refractivity contribution >= 4 is 38.4 Å². The molecule has 0 fully saturated rings. The van der Waals surface area contributed by atoms with E-state index in [1.807, 2.05) is 0 Å². The average molecular weight is 359 g/mol. The normalized spacial score (nSPS) is 11.7. The van der Waals surface area contributed by atoms with Crippen molar-refractivity contribution in [1.82, 2.24) is 4.98 Å². The van der Waals surface area contributed by atoms with Crippen molar-refractivity contribution in [3.8, 4) is 5.75 Å². The summed E-state index contributed by atoms with van der Waals surface area (Å²) in [6.07, 6.45) is 3.12. The summed E-state index contributed by atoms with van der Waals surface area (Å²) in [4.78, 5) is 8.29. The first-order valence-corrected chi connectivity index (χ1v) is 9.25. The SMILES string of the molecule is O=S(=O)(Nc1nccs1)c1ccc(N=Cc2cccc(O)c2)cc1. The summed E-state index contributed by atoms with van der Waals surface area (Å²) in [5.74, 6) is 0.161. The minimum atomic E-state index is -3.66. The highest BCUT2D eigenvalue weighted by Crippen LogP contribution is 2.21. The monoisotopic (exact) mass is 359 g/mol. The van der Waals surface area contributed by atoms with Gasteiger partial charge in [0.1, 0.15) is 5.75 Å². The fourth-order valence-electron chi connectivity index (χ4n) is 1.91. The second-order valence-corrected chi connectivity index (χ2v) is 7.37. The van der Waals surface area contributed by atoms with Gasteiger partial charge in [-0.3, -0.25) is 9.71 Å². The maximum Gasteiger partial charge on any atom is 0.263 e. The molecule has 122 valence electrons. The largest absolute Gasteiger partial charge is 0.508 e. The molecule has 3 aromatic rings. The molecule has 0 amide bonds. The maximum absolute atomic E-state index is 12.2. The van der Waals surface area contributed by atoms with Crippen molar-refractivity contribution in [1.29, 1.82) is 0 Å². The molecule has 0 atom stereocenters. The van der Waals surface area contributed by atoms with Crippen molar-refractivity contribution in [3.63, 3.8) is 0 Å². The highest BCUT2D eigenvalue weighted by molar-refractivity contribution is 7.93. The number of hydrogen-bond acceptors (Lipinski definition) is 6. The molecule has 0 aliphatic heterocycles. The van der Waals surface area contributed by atoms with Gasteiger partial charge in [0.05, 0.1) is 10.6 Å². The minimum Gasteiger partial charge on any atom is -0.508 e. The first-order chi connectivity index (χ1) is 11.5. The number of thiazole rings is 1. The molecule has 2 N–H and O–H groups in total. The Balaban J connectivity index is 1.75. The van der Waals surface area contributed by atoms with Crippen LogP contribution in [0.15, 0.2) is 70.0 Å². The second kappa shape index (κ2) is 6.81. The van der Waals surface area contributed by atoms with Gasteiger partial charge in [0.25, 0.3) is 10.0 Å². The number of phenols is 1. The van der Waals surface area contributed by atoms with Crippen LogP contribution in [0, 0.1) is 0 Å². The Bertz CT molecular complexity index is 950. The molecule has 24 heavy (non-hydrogen) atoms. The number of sulfonamides is 1. The molecule has 0 radical (unpaired) electrons. The molecule has 3 rings (SSSR count). The van der Waals surface area contributed by atoms with Crippen LogP contribution < -0.4 is 4.72 Å². The van der Waals surface area contributed by atoms with Crippen molar-refractivity contribution in [2.75, 3.05) is 4.72 Å². The van der Waals surface area contributed by atoms with Gasteiger partial charge in [-0.05, 0) is 42.0 Å². The number of anilines is 1. The molecule has 0 saturated heterocycles. The Morgan fingerprint density at radius 2 is 1.96 bits per heavy atom. The standard InChI is InChI=1S/C16H13N3O3S2/c20-14-3-1-2-12(10-14)11-18-13-4-6-15(7-5-13)24(21,22)19-16-17-8-9-23-16/h1-11,20H,(H,17,19). The number of nitrogens with zero attached hydrogens (tertiary/aromatic N) is 2. The Hall–Kier alpha value is -2.71. The van der Waals surface area contributed by atoms with E-state index in [0.29, 0.717) is 10.8 Å². The van der Waals surface area contributed by atoms with Crippen LogP contribution in [0.3, 0.4) is 0 Å². The van der Waals surface area contributed by atoms with E-state index in [2.05, 4.69) is 14.7 Å². The van der Waals surface area contributed by atoms with Crippen LogP contribution in [0.1, 0.15) is 5.56 Å².